The van der Waals surface area contributed by atoms with Crippen LogP contribution in [-0.4, -0.2) is 41.2 Å². The number of aliphatic hydroxyl groups excluding tert-OH is 1. The first-order valence-corrected chi connectivity index (χ1v) is 6.43. The van der Waals surface area contributed by atoms with E-state index < -0.39 is 0 Å². The van der Waals surface area contributed by atoms with Crippen molar-refractivity contribution in [1.29, 1.82) is 0 Å². The molecule has 0 saturated carbocycles. The van der Waals surface area contributed by atoms with Crippen LogP contribution in [0.15, 0.2) is 10.6 Å². The second-order valence-corrected chi connectivity index (χ2v) is 5.22. The van der Waals surface area contributed by atoms with Gasteiger partial charge in [0.25, 0.3) is 0 Å². The Hall–Kier alpha value is -0.870. The van der Waals surface area contributed by atoms with Crippen LogP contribution >= 0.6 is 0 Å². The van der Waals surface area contributed by atoms with Gasteiger partial charge in [0.15, 0.2) is 5.89 Å². The Balaban J connectivity index is 1.84. The van der Waals surface area contributed by atoms with Gasteiger partial charge in [0.1, 0.15) is 5.76 Å². The molecule has 0 radical (unpaired) electrons. The number of piperidine rings is 1. The third kappa shape index (κ3) is 3.82. The highest BCUT2D eigenvalue weighted by atomic mass is 16.4. The number of aliphatic hydroxyl groups is 1. The molecule has 0 bridgehead atoms. The number of likely N-dealkylation sites (tertiary alicyclic amines) is 1. The van der Waals surface area contributed by atoms with Crippen LogP contribution in [0.4, 0.5) is 0 Å². The minimum atomic E-state index is -0.362. The normalized spacial score (nSPS) is 20.6. The Morgan fingerprint density at radius 1 is 1.53 bits per heavy atom. The molecule has 4 heteroatoms. The molecule has 2 heterocycles. The number of nitrogens with zero attached hydrogens (tertiary/aromatic N) is 2. The van der Waals surface area contributed by atoms with Gasteiger partial charge < -0.3 is 14.4 Å². The Bertz CT molecular complexity index is 341. The fraction of sp³-hybridized carbons (Fsp3) is 0.769. The van der Waals surface area contributed by atoms with Crippen LogP contribution < -0.4 is 0 Å². The average Bonchev–Trinajstić information content (AvgIpc) is 2.68. The largest absolute Gasteiger partial charge is 0.446 e. The van der Waals surface area contributed by atoms with Crippen molar-refractivity contribution >= 4 is 0 Å². The maximum absolute atomic E-state index is 9.27. The summed E-state index contributed by atoms with van der Waals surface area (Å²) < 4.78 is 5.64. The third-order valence-corrected chi connectivity index (χ3v) is 3.40. The van der Waals surface area contributed by atoms with E-state index in [0.717, 1.165) is 18.1 Å². The molecule has 1 N–H and O–H groups in total. The van der Waals surface area contributed by atoms with E-state index in [-0.39, 0.29) is 6.10 Å². The molecule has 1 aromatic heterocycles. The molecule has 0 amide bonds. The van der Waals surface area contributed by atoms with Gasteiger partial charge in [-0.15, -0.1) is 0 Å². The fourth-order valence-electron chi connectivity index (χ4n) is 2.34. The second-order valence-electron chi connectivity index (χ2n) is 5.22. The first-order chi connectivity index (χ1) is 8.13. The van der Waals surface area contributed by atoms with Crippen LogP contribution in [0.1, 0.15) is 31.4 Å². The molecule has 1 aliphatic rings. The monoisotopic (exact) mass is 238 g/mol. The maximum atomic E-state index is 9.27. The molecule has 2 rings (SSSR count). The standard InChI is InChI=1S/C13H22N2O2/c1-10(16)7-12-9-14-13(17-12)8-11-3-5-15(2)6-4-11/h9-11,16H,3-8H2,1-2H3. The van der Waals surface area contributed by atoms with Crippen LogP contribution in [0, 0.1) is 5.92 Å². The van der Waals surface area contributed by atoms with Crippen LogP contribution in [0.5, 0.6) is 0 Å². The quantitative estimate of drug-likeness (QED) is 0.863. The molecular formula is C13H22N2O2. The maximum Gasteiger partial charge on any atom is 0.194 e. The zero-order valence-electron chi connectivity index (χ0n) is 10.7. The summed E-state index contributed by atoms with van der Waals surface area (Å²) >= 11 is 0. The van der Waals surface area contributed by atoms with Crippen molar-refractivity contribution in [1.82, 2.24) is 9.88 Å². The molecule has 96 valence electrons. The average molecular weight is 238 g/mol. The SMILES string of the molecule is CC(O)Cc1cnc(CC2CCN(C)CC2)o1. The van der Waals surface area contributed by atoms with Crippen molar-refractivity contribution in [2.24, 2.45) is 5.92 Å². The Morgan fingerprint density at radius 3 is 2.88 bits per heavy atom. The smallest absolute Gasteiger partial charge is 0.194 e. The number of oxazole rings is 1. The molecule has 1 atom stereocenters. The van der Waals surface area contributed by atoms with Crippen molar-refractivity contribution in [3.8, 4) is 0 Å². The molecule has 1 unspecified atom stereocenters. The van der Waals surface area contributed by atoms with Crippen molar-refractivity contribution < 1.29 is 9.52 Å². The summed E-state index contributed by atoms with van der Waals surface area (Å²) in [4.78, 5) is 6.66. The third-order valence-electron chi connectivity index (χ3n) is 3.40. The molecule has 1 aliphatic heterocycles. The Kier molecular flexibility index (Phi) is 4.18. The van der Waals surface area contributed by atoms with E-state index in [2.05, 4.69) is 16.9 Å². The number of hydrogen-bond donors (Lipinski definition) is 1. The first-order valence-electron chi connectivity index (χ1n) is 6.43. The van der Waals surface area contributed by atoms with E-state index in [1.807, 2.05) is 0 Å². The summed E-state index contributed by atoms with van der Waals surface area (Å²) in [6, 6.07) is 0. The van der Waals surface area contributed by atoms with Crippen molar-refractivity contribution in [2.75, 3.05) is 20.1 Å². The summed E-state index contributed by atoms with van der Waals surface area (Å²) in [5.74, 6) is 2.32. The van der Waals surface area contributed by atoms with Gasteiger partial charge in [0.2, 0.25) is 0 Å². The van der Waals surface area contributed by atoms with E-state index in [9.17, 15) is 5.11 Å². The molecule has 4 nitrogen and oxygen atoms in total. The Morgan fingerprint density at radius 2 is 2.24 bits per heavy atom. The van der Waals surface area contributed by atoms with Crippen LogP contribution in [0.25, 0.3) is 0 Å². The fourth-order valence-corrected chi connectivity index (χ4v) is 2.34. The first kappa shape index (κ1) is 12.6. The predicted molar refractivity (Wildman–Crippen MR) is 65.8 cm³/mol. The molecule has 0 aliphatic carbocycles. The van der Waals surface area contributed by atoms with Gasteiger partial charge in [-0.05, 0) is 45.8 Å². The summed E-state index contributed by atoms with van der Waals surface area (Å²) in [6.07, 6.45) is 5.33. The lowest BCUT2D eigenvalue weighted by Crippen LogP contribution is -2.30. The van der Waals surface area contributed by atoms with E-state index in [1.54, 1.807) is 13.1 Å². The highest BCUT2D eigenvalue weighted by Crippen LogP contribution is 2.21. The van der Waals surface area contributed by atoms with Gasteiger partial charge in [-0.1, -0.05) is 0 Å². The minimum Gasteiger partial charge on any atom is -0.446 e. The van der Waals surface area contributed by atoms with Crippen molar-refractivity contribution in [3.05, 3.63) is 17.8 Å². The van der Waals surface area contributed by atoms with Gasteiger partial charge in [0, 0.05) is 12.8 Å². The van der Waals surface area contributed by atoms with Crippen molar-refractivity contribution in [2.45, 2.75) is 38.7 Å². The van der Waals surface area contributed by atoms with Gasteiger partial charge in [0.05, 0.1) is 12.3 Å². The minimum absolute atomic E-state index is 0.362. The molecule has 1 fully saturated rings. The van der Waals surface area contributed by atoms with Gasteiger partial charge in [-0.3, -0.25) is 0 Å². The highest BCUT2D eigenvalue weighted by molar-refractivity contribution is 4.96. The van der Waals surface area contributed by atoms with Crippen LogP contribution in [0.2, 0.25) is 0 Å². The summed E-state index contributed by atoms with van der Waals surface area (Å²) in [6.45, 7) is 4.11. The topological polar surface area (TPSA) is 49.5 Å². The molecule has 17 heavy (non-hydrogen) atoms. The molecular weight excluding hydrogens is 216 g/mol. The highest BCUT2D eigenvalue weighted by Gasteiger charge is 2.19. The summed E-state index contributed by atoms with van der Waals surface area (Å²) in [5.41, 5.74) is 0. The molecule has 0 spiro atoms. The lowest BCUT2D eigenvalue weighted by molar-refractivity contribution is 0.184. The lowest BCUT2D eigenvalue weighted by atomic mass is 9.94. The Labute approximate surface area is 103 Å². The van der Waals surface area contributed by atoms with Crippen molar-refractivity contribution in [3.63, 3.8) is 0 Å². The van der Waals surface area contributed by atoms with E-state index in [4.69, 9.17) is 4.42 Å². The zero-order valence-corrected chi connectivity index (χ0v) is 10.7. The summed E-state index contributed by atoms with van der Waals surface area (Å²) in [5, 5.41) is 9.27. The van der Waals surface area contributed by atoms with Gasteiger partial charge in [-0.25, -0.2) is 4.98 Å². The second kappa shape index (κ2) is 5.65. The van der Waals surface area contributed by atoms with Gasteiger partial charge >= 0.3 is 0 Å². The summed E-state index contributed by atoms with van der Waals surface area (Å²) in [7, 11) is 2.17. The van der Waals surface area contributed by atoms with E-state index >= 15 is 0 Å². The van der Waals surface area contributed by atoms with E-state index in [0.29, 0.717) is 12.3 Å². The number of rotatable bonds is 4. The zero-order chi connectivity index (χ0) is 12.3. The molecule has 0 aromatic carbocycles. The predicted octanol–water partition coefficient (Wildman–Crippen LogP) is 1.48. The number of hydrogen-bond acceptors (Lipinski definition) is 4. The number of aromatic nitrogens is 1. The molecule has 1 aromatic rings. The van der Waals surface area contributed by atoms with Gasteiger partial charge in [-0.2, -0.15) is 0 Å². The van der Waals surface area contributed by atoms with E-state index in [1.165, 1.54) is 25.9 Å². The van der Waals surface area contributed by atoms with Crippen LogP contribution in [0.3, 0.4) is 0 Å². The van der Waals surface area contributed by atoms with Crippen LogP contribution in [-0.2, 0) is 12.8 Å². The molecule has 1 saturated heterocycles. The lowest BCUT2D eigenvalue weighted by Gasteiger charge is -2.28.